The molecule has 9 nitrogen and oxygen atoms in total. The fourth-order valence-corrected chi connectivity index (χ4v) is 7.27. The van der Waals surface area contributed by atoms with Crippen LogP contribution in [0.4, 0.5) is 5.13 Å². The van der Waals surface area contributed by atoms with Crippen molar-refractivity contribution in [1.29, 1.82) is 0 Å². The largest absolute Gasteiger partial charge is 0.488 e. The predicted octanol–water partition coefficient (Wildman–Crippen LogP) is 4.12. The molecule has 0 spiro atoms. The molecular formula is C31H34N4O5S. The highest BCUT2D eigenvalue weighted by Gasteiger charge is 2.46. The summed E-state index contributed by atoms with van der Waals surface area (Å²) in [6, 6.07) is 11.6. The number of aliphatic carboxylic acids is 1. The third-order valence-electron chi connectivity index (χ3n) is 8.59. The van der Waals surface area contributed by atoms with Gasteiger partial charge in [-0.2, -0.15) is 0 Å². The van der Waals surface area contributed by atoms with Crippen molar-refractivity contribution in [2.24, 2.45) is 17.8 Å². The molecule has 3 aromatic rings. The number of aromatic nitrogens is 1. The Morgan fingerprint density at radius 1 is 1.12 bits per heavy atom. The molecule has 3 atom stereocenters. The van der Waals surface area contributed by atoms with Crippen molar-refractivity contribution in [1.82, 2.24) is 15.2 Å². The van der Waals surface area contributed by atoms with E-state index in [9.17, 15) is 19.5 Å². The molecule has 2 saturated heterocycles. The summed E-state index contributed by atoms with van der Waals surface area (Å²) >= 11 is 1.59. The number of rotatable bonds is 7. The van der Waals surface area contributed by atoms with E-state index in [4.69, 9.17) is 9.72 Å². The number of piperazine rings is 1. The molecule has 2 aliphatic heterocycles. The third-order valence-corrected chi connectivity index (χ3v) is 9.49. The monoisotopic (exact) mass is 574 g/mol. The molecule has 6 rings (SSSR count). The molecule has 2 amide bonds. The number of aryl methyl sites for hydroxylation is 2. The number of carbonyl (C=O) groups excluding carboxylic acids is 2. The van der Waals surface area contributed by atoms with Crippen molar-refractivity contribution in [3.63, 3.8) is 0 Å². The minimum atomic E-state index is -0.661. The van der Waals surface area contributed by atoms with Crippen molar-refractivity contribution >= 4 is 34.3 Å². The summed E-state index contributed by atoms with van der Waals surface area (Å²) in [5.41, 5.74) is 5.35. The molecule has 3 aliphatic rings. The number of piperidine rings is 1. The standard InChI is InChI=1S/C31H34N4O5S/c1-18-3-8-26(40-16-23-7-4-20(12-19(23)2)29(37)34-10-9-32-27(36)15-34)24(11-18)25-17-41-31(33-25)35-13-21-5-6-22(14-35)28(21)30(38)39/h3-4,7-8,11-12,17,21-22,28H,5-6,9-10,13-16H2,1-2H3,(H,32,36)(H,38,39)/t21-,22+,28+. The molecule has 41 heavy (non-hydrogen) atoms. The van der Waals surface area contributed by atoms with Gasteiger partial charge in [-0.15, -0.1) is 11.3 Å². The van der Waals surface area contributed by atoms with Crippen LogP contribution in [-0.2, 0) is 16.2 Å². The molecule has 3 heterocycles. The van der Waals surface area contributed by atoms with E-state index in [0.29, 0.717) is 25.3 Å². The van der Waals surface area contributed by atoms with E-state index in [1.54, 1.807) is 22.3 Å². The summed E-state index contributed by atoms with van der Waals surface area (Å²) in [5.74, 6) is -0.0778. The number of nitrogens with one attached hydrogen (secondary N) is 1. The van der Waals surface area contributed by atoms with Crippen LogP contribution in [0.15, 0.2) is 41.8 Å². The smallest absolute Gasteiger partial charge is 0.307 e. The first-order valence-electron chi connectivity index (χ1n) is 14.1. The van der Waals surface area contributed by atoms with Gasteiger partial charge < -0.3 is 25.0 Å². The SMILES string of the molecule is Cc1ccc(OCc2ccc(C(=O)N3CCNC(=O)C3)cc2C)c(-c2csc(N3C[C@H]4CC[C@@H](C3)[C@H]4C(=O)O)n2)c1. The lowest BCUT2D eigenvalue weighted by molar-refractivity contribution is -0.144. The Hall–Kier alpha value is -3.92. The van der Waals surface area contributed by atoms with E-state index in [1.165, 1.54) is 0 Å². The van der Waals surface area contributed by atoms with Gasteiger partial charge in [0, 0.05) is 42.7 Å². The predicted molar refractivity (Wildman–Crippen MR) is 156 cm³/mol. The summed E-state index contributed by atoms with van der Waals surface area (Å²) in [7, 11) is 0. The quantitative estimate of drug-likeness (QED) is 0.437. The van der Waals surface area contributed by atoms with Crippen LogP contribution in [0, 0.1) is 31.6 Å². The van der Waals surface area contributed by atoms with Crippen LogP contribution in [-0.4, -0.2) is 65.5 Å². The molecule has 2 aromatic carbocycles. The van der Waals surface area contributed by atoms with E-state index in [-0.39, 0.29) is 36.1 Å². The number of nitrogens with zero attached hydrogens (tertiary/aromatic N) is 3. The van der Waals surface area contributed by atoms with Gasteiger partial charge in [0.05, 0.1) is 18.2 Å². The van der Waals surface area contributed by atoms with E-state index in [0.717, 1.165) is 64.8 Å². The highest BCUT2D eigenvalue weighted by molar-refractivity contribution is 7.14. The summed E-state index contributed by atoms with van der Waals surface area (Å²) < 4.78 is 6.32. The molecule has 1 saturated carbocycles. The number of carboxylic acid groups (broad SMARTS) is 1. The topological polar surface area (TPSA) is 112 Å². The molecule has 2 bridgehead atoms. The number of fused-ring (bicyclic) bond motifs is 2. The van der Waals surface area contributed by atoms with Crippen LogP contribution in [0.3, 0.4) is 0 Å². The van der Waals surface area contributed by atoms with Gasteiger partial charge in [-0.05, 0) is 73.9 Å². The lowest BCUT2D eigenvalue weighted by atomic mass is 9.85. The average Bonchev–Trinajstić information content (AvgIpc) is 3.55. The summed E-state index contributed by atoms with van der Waals surface area (Å²) in [6.45, 7) is 6.87. The fourth-order valence-electron chi connectivity index (χ4n) is 6.43. The van der Waals surface area contributed by atoms with Gasteiger partial charge in [-0.1, -0.05) is 17.7 Å². The highest BCUT2D eigenvalue weighted by atomic mass is 32.1. The van der Waals surface area contributed by atoms with E-state index >= 15 is 0 Å². The van der Waals surface area contributed by atoms with Crippen LogP contribution < -0.4 is 15.0 Å². The second-order valence-corrected chi connectivity index (χ2v) is 12.2. The second kappa shape index (κ2) is 11.2. The number of ether oxygens (including phenoxy) is 1. The normalized spacial score (nSPS) is 22.0. The number of carboxylic acids is 1. The van der Waals surface area contributed by atoms with Crippen LogP contribution in [0.25, 0.3) is 11.3 Å². The molecule has 1 aromatic heterocycles. The van der Waals surface area contributed by atoms with Gasteiger partial charge in [0.25, 0.3) is 5.91 Å². The van der Waals surface area contributed by atoms with Crippen molar-refractivity contribution in [2.45, 2.75) is 33.3 Å². The Kier molecular flexibility index (Phi) is 7.42. The second-order valence-electron chi connectivity index (χ2n) is 11.4. The van der Waals surface area contributed by atoms with E-state index in [2.05, 4.69) is 21.7 Å². The van der Waals surface area contributed by atoms with E-state index < -0.39 is 5.97 Å². The first kappa shape index (κ1) is 27.3. The van der Waals surface area contributed by atoms with Crippen molar-refractivity contribution in [3.8, 4) is 17.0 Å². The van der Waals surface area contributed by atoms with Gasteiger partial charge in [-0.3, -0.25) is 14.4 Å². The minimum Gasteiger partial charge on any atom is -0.488 e. The zero-order chi connectivity index (χ0) is 28.7. The molecule has 214 valence electrons. The number of thiazole rings is 1. The number of benzene rings is 2. The molecule has 0 unspecified atom stereocenters. The maximum atomic E-state index is 12.9. The molecule has 2 N–H and O–H groups in total. The number of hydrogen-bond acceptors (Lipinski definition) is 7. The maximum Gasteiger partial charge on any atom is 0.307 e. The van der Waals surface area contributed by atoms with Gasteiger partial charge >= 0.3 is 5.97 Å². The Bertz CT molecular complexity index is 1490. The molecule has 1 aliphatic carbocycles. The van der Waals surface area contributed by atoms with Gasteiger partial charge in [-0.25, -0.2) is 4.98 Å². The lowest BCUT2D eigenvalue weighted by Gasteiger charge is -2.35. The zero-order valence-electron chi connectivity index (χ0n) is 23.3. The molecule has 0 radical (unpaired) electrons. The first-order chi connectivity index (χ1) is 19.8. The van der Waals surface area contributed by atoms with Crippen molar-refractivity contribution < 1.29 is 24.2 Å². The highest BCUT2D eigenvalue weighted by Crippen LogP contribution is 2.44. The van der Waals surface area contributed by atoms with E-state index in [1.807, 2.05) is 38.1 Å². The average molecular weight is 575 g/mol. The van der Waals surface area contributed by atoms with Crippen LogP contribution in [0.1, 0.15) is 39.9 Å². The van der Waals surface area contributed by atoms with Crippen molar-refractivity contribution in [2.75, 3.05) is 37.6 Å². The molecular weight excluding hydrogens is 540 g/mol. The van der Waals surface area contributed by atoms with Crippen LogP contribution >= 0.6 is 11.3 Å². The fraction of sp³-hybridized carbons (Fsp3) is 0.419. The first-order valence-corrected chi connectivity index (χ1v) is 15.0. The van der Waals surface area contributed by atoms with Gasteiger partial charge in [0.2, 0.25) is 5.91 Å². The Balaban J connectivity index is 1.16. The molecule has 3 fully saturated rings. The minimum absolute atomic E-state index is 0.0824. The molecule has 10 heteroatoms. The number of anilines is 1. The number of amides is 2. The number of carbonyl (C=O) groups is 3. The Labute approximate surface area is 243 Å². The Morgan fingerprint density at radius 2 is 1.90 bits per heavy atom. The zero-order valence-corrected chi connectivity index (χ0v) is 24.1. The Morgan fingerprint density at radius 3 is 2.61 bits per heavy atom. The summed E-state index contributed by atoms with van der Waals surface area (Å²) in [4.78, 5) is 45.2. The third kappa shape index (κ3) is 5.53. The van der Waals surface area contributed by atoms with Crippen molar-refractivity contribution in [3.05, 3.63) is 64.0 Å². The van der Waals surface area contributed by atoms with Gasteiger partial charge in [0.15, 0.2) is 5.13 Å². The van der Waals surface area contributed by atoms with Crippen LogP contribution in [0.2, 0.25) is 0 Å². The number of hydrogen-bond donors (Lipinski definition) is 2. The summed E-state index contributed by atoms with van der Waals surface area (Å²) in [5, 5.41) is 15.4. The van der Waals surface area contributed by atoms with Crippen LogP contribution in [0.5, 0.6) is 5.75 Å². The maximum absolute atomic E-state index is 12.9. The summed E-state index contributed by atoms with van der Waals surface area (Å²) in [6.07, 6.45) is 1.94. The lowest BCUT2D eigenvalue weighted by Crippen LogP contribution is -2.49. The van der Waals surface area contributed by atoms with Gasteiger partial charge in [0.1, 0.15) is 12.4 Å².